The number of ether oxygens (including phenoxy) is 2. The van der Waals surface area contributed by atoms with Gasteiger partial charge in [-0.3, -0.25) is 0 Å². The molecule has 6 nitrogen and oxygen atoms in total. The Morgan fingerprint density at radius 2 is 0.906 bits per heavy atom. The van der Waals surface area contributed by atoms with Gasteiger partial charge in [0, 0.05) is 0 Å². The molecule has 0 aromatic heterocycles. The summed E-state index contributed by atoms with van der Waals surface area (Å²) >= 11 is 0. The van der Waals surface area contributed by atoms with Crippen LogP contribution < -0.4 is 9.47 Å². The van der Waals surface area contributed by atoms with E-state index in [0.717, 1.165) is 12.1 Å². The molecule has 16 heteroatoms. The Balaban J connectivity index is 2.67. The van der Waals surface area contributed by atoms with Crippen molar-refractivity contribution in [1.82, 2.24) is 0 Å². The van der Waals surface area contributed by atoms with Crippen LogP contribution in [0, 0.1) is 0 Å². The Labute approximate surface area is 174 Å². The zero-order valence-electron chi connectivity index (χ0n) is 14.8. The maximum Gasteiger partial charge on any atom is 0.344 e. The Kier molecular flexibility index (Phi) is 7.19. The van der Waals surface area contributed by atoms with Crippen molar-refractivity contribution in [3.8, 4) is 22.6 Å². The van der Waals surface area contributed by atoms with Crippen LogP contribution in [0.1, 0.15) is 0 Å². The first kappa shape index (κ1) is 25.1. The van der Waals surface area contributed by atoms with Crippen LogP contribution in [0.3, 0.4) is 0 Å². The molecule has 0 heterocycles. The molecule has 0 bridgehead atoms. The molecule has 0 N–H and O–H groups in total. The molecule has 0 aliphatic rings. The average Bonchev–Trinajstić information content (AvgIpc) is 2.66. The lowest BCUT2D eigenvalue weighted by molar-refractivity contribution is 0.237. The predicted octanol–water partition coefficient (Wildman–Crippen LogP) is 5.50. The predicted molar refractivity (Wildman–Crippen MR) is 90.4 cm³/mol. The summed E-state index contributed by atoms with van der Waals surface area (Å²) in [4.78, 5) is -2.94. The first-order valence-corrected chi connectivity index (χ1v) is 10.3. The molecule has 0 aliphatic carbocycles. The largest absolute Gasteiger partial charge is 0.426 e. The molecule has 0 aliphatic heterocycles. The molecule has 2 aromatic rings. The van der Waals surface area contributed by atoms with Gasteiger partial charge in [0.2, 0.25) is 0 Å². The van der Waals surface area contributed by atoms with Crippen molar-refractivity contribution in [3.05, 3.63) is 60.6 Å². The van der Waals surface area contributed by atoms with Crippen LogP contribution in [-0.4, -0.2) is 16.8 Å². The lowest BCUT2D eigenvalue weighted by Crippen LogP contribution is -2.01. The van der Waals surface area contributed by atoms with Gasteiger partial charge in [-0.05, 0) is 35.4 Å². The van der Waals surface area contributed by atoms with Gasteiger partial charge < -0.3 is 9.47 Å². The van der Waals surface area contributed by atoms with E-state index in [9.17, 15) is 50.9 Å². The summed E-state index contributed by atoms with van der Waals surface area (Å²) in [5.74, 6) is -2.43. The highest BCUT2D eigenvalue weighted by molar-refractivity contribution is 7.86. The molecule has 174 valence electrons. The minimum atomic E-state index is -5.72. The molecule has 0 fully saturated rings. The number of hydrogen-bond donors (Lipinski definition) is 0. The van der Waals surface area contributed by atoms with Crippen molar-refractivity contribution in [2.75, 3.05) is 0 Å². The number of rotatable bonds is 7. The van der Waals surface area contributed by atoms with E-state index in [2.05, 4.69) is 9.47 Å². The first-order chi connectivity index (χ1) is 14.6. The van der Waals surface area contributed by atoms with Gasteiger partial charge >= 0.3 is 44.6 Å². The maximum absolute atomic E-state index is 13.6. The van der Waals surface area contributed by atoms with E-state index in [1.807, 2.05) is 0 Å². The summed E-state index contributed by atoms with van der Waals surface area (Å²) in [5, 5.41) is 0. The molecule has 0 radical (unpaired) electrons. The lowest BCUT2D eigenvalue weighted by atomic mass is 10.1. The monoisotopic (exact) mass is 510 g/mol. The van der Waals surface area contributed by atoms with Crippen molar-refractivity contribution in [2.24, 2.45) is 0 Å². The van der Waals surface area contributed by atoms with Gasteiger partial charge in [0.05, 0.1) is 0 Å². The van der Waals surface area contributed by atoms with Crippen molar-refractivity contribution < 1.29 is 60.4 Å². The quantitative estimate of drug-likeness (QED) is 0.278. The van der Waals surface area contributed by atoms with E-state index >= 15 is 0 Å². The van der Waals surface area contributed by atoms with Crippen molar-refractivity contribution in [2.45, 2.75) is 9.79 Å². The van der Waals surface area contributed by atoms with Gasteiger partial charge in [-0.1, -0.05) is 12.1 Å². The Morgan fingerprint density at radius 1 is 0.594 bits per heavy atom. The normalized spacial score (nSPS) is 11.6. The Hall–Kier alpha value is -3.14. The smallest absolute Gasteiger partial charge is 0.344 e. The van der Waals surface area contributed by atoms with E-state index < -0.39 is 77.1 Å². The highest BCUT2D eigenvalue weighted by Crippen LogP contribution is 2.36. The van der Waals surface area contributed by atoms with Crippen molar-refractivity contribution >= 4 is 20.4 Å². The summed E-state index contributed by atoms with van der Waals surface area (Å²) < 4.78 is 155. The molecule has 0 unspecified atom stereocenters. The first-order valence-electron chi connectivity index (χ1n) is 7.56. The molecule has 0 spiro atoms. The zero-order valence-corrected chi connectivity index (χ0v) is 16.4. The summed E-state index contributed by atoms with van der Waals surface area (Å²) in [6, 6.07) is -1.66. The molecular formula is C16H6F8O6S2. The summed E-state index contributed by atoms with van der Waals surface area (Å²) in [5.41, 5.74) is -0.828. The highest BCUT2D eigenvalue weighted by atomic mass is 32.3. The van der Waals surface area contributed by atoms with Crippen molar-refractivity contribution in [3.63, 3.8) is 0 Å². The third kappa shape index (κ3) is 5.97. The Bertz CT molecular complexity index is 1220. The lowest BCUT2D eigenvalue weighted by Gasteiger charge is -2.11. The SMILES string of the molecule is O=S(=O)(F)c1cc(-c2ccc(OC(F)=C(F)F)c(S(=O)(=O)F)c2)ccc1OC(F)=C(F)F. The fourth-order valence-electron chi connectivity index (χ4n) is 2.20. The topological polar surface area (TPSA) is 86.7 Å². The van der Waals surface area contributed by atoms with E-state index in [0.29, 0.717) is 24.3 Å². The van der Waals surface area contributed by atoms with Gasteiger partial charge in [-0.2, -0.15) is 43.2 Å². The standard InChI is InChI=1S/C16H6F8O6S2/c17-13(18)15(21)29-9-3-1-7(5-11(9)31(23,25)26)8-2-4-10(30-16(22)14(19)20)12(6-8)32(24,27)28/h1-6H. The fraction of sp³-hybridized carbons (Fsp3) is 0. The van der Waals surface area contributed by atoms with Gasteiger partial charge in [-0.15, -0.1) is 7.77 Å². The summed E-state index contributed by atoms with van der Waals surface area (Å²) in [6.07, 6.45) is -5.98. The van der Waals surface area contributed by atoms with Gasteiger partial charge in [0.1, 0.15) is 9.79 Å². The number of hydrogen-bond acceptors (Lipinski definition) is 6. The molecule has 0 amide bonds. The van der Waals surface area contributed by atoms with Gasteiger partial charge in [-0.25, -0.2) is 0 Å². The van der Waals surface area contributed by atoms with Crippen LogP contribution in [0.2, 0.25) is 0 Å². The van der Waals surface area contributed by atoms with Crippen LogP contribution in [0.25, 0.3) is 11.1 Å². The number of halogens is 8. The Morgan fingerprint density at radius 3 is 1.16 bits per heavy atom. The highest BCUT2D eigenvalue weighted by Gasteiger charge is 2.25. The third-order valence-corrected chi connectivity index (χ3v) is 5.13. The minimum Gasteiger partial charge on any atom is -0.426 e. The molecular weight excluding hydrogens is 504 g/mol. The van der Waals surface area contributed by atoms with Crippen LogP contribution in [-0.2, 0) is 20.4 Å². The molecule has 0 saturated heterocycles. The van der Waals surface area contributed by atoms with Gasteiger partial charge in [0.25, 0.3) is 0 Å². The average molecular weight is 510 g/mol. The van der Waals surface area contributed by atoms with Gasteiger partial charge in [0.15, 0.2) is 11.5 Å². The van der Waals surface area contributed by atoms with Crippen LogP contribution in [0.4, 0.5) is 34.1 Å². The minimum absolute atomic E-state index is 0.389. The van der Waals surface area contributed by atoms with Crippen molar-refractivity contribution in [1.29, 1.82) is 0 Å². The van der Waals surface area contributed by atoms with Crippen LogP contribution in [0.5, 0.6) is 11.5 Å². The molecule has 32 heavy (non-hydrogen) atoms. The van der Waals surface area contributed by atoms with E-state index in [1.165, 1.54) is 0 Å². The summed E-state index contributed by atoms with van der Waals surface area (Å²) in [6.45, 7) is 0. The van der Waals surface area contributed by atoms with E-state index in [1.54, 1.807) is 0 Å². The third-order valence-electron chi connectivity index (χ3n) is 3.44. The molecule has 0 atom stereocenters. The van der Waals surface area contributed by atoms with E-state index in [4.69, 9.17) is 0 Å². The molecule has 2 aromatic carbocycles. The second-order valence-electron chi connectivity index (χ2n) is 5.47. The fourth-order valence-corrected chi connectivity index (χ4v) is 3.43. The maximum atomic E-state index is 13.6. The summed E-state index contributed by atoms with van der Waals surface area (Å²) in [7, 11) is -11.4. The molecule has 2 rings (SSSR count). The second-order valence-corrected chi connectivity index (χ2v) is 8.10. The van der Waals surface area contributed by atoms with Crippen LogP contribution >= 0.6 is 0 Å². The molecule has 0 saturated carbocycles. The number of benzene rings is 2. The zero-order chi connectivity index (χ0) is 24.4. The van der Waals surface area contributed by atoms with E-state index in [-0.39, 0.29) is 0 Å². The van der Waals surface area contributed by atoms with Crippen LogP contribution in [0.15, 0.2) is 70.4 Å². The second kappa shape index (κ2) is 9.15.